The lowest BCUT2D eigenvalue weighted by Crippen LogP contribution is -2.47. The molecule has 25 heavy (non-hydrogen) atoms. The average molecular weight is 410 g/mol. The molecule has 0 bridgehead atoms. The third-order valence-electron chi connectivity index (χ3n) is 5.62. The van der Waals surface area contributed by atoms with Crippen LogP contribution in [0.2, 0.25) is 0 Å². The number of rotatable bonds is 4. The SMILES string of the molecule is CC(C)C1CCC(C(=O)N2CCCC(Oc3ncc(Br)cn3)C2)CC1. The molecule has 0 spiro atoms. The molecule has 6 heteroatoms. The van der Waals surface area contributed by atoms with Gasteiger partial charge < -0.3 is 9.64 Å². The Bertz CT molecular complexity index is 571. The van der Waals surface area contributed by atoms with Crippen molar-refractivity contribution in [2.45, 2.75) is 58.5 Å². The molecule has 1 aromatic rings. The number of likely N-dealkylation sites (tertiary alicyclic amines) is 1. The number of nitrogens with zero attached hydrogens (tertiary/aromatic N) is 3. The minimum Gasteiger partial charge on any atom is -0.458 e. The van der Waals surface area contributed by atoms with Crippen LogP contribution in [0.3, 0.4) is 0 Å². The van der Waals surface area contributed by atoms with E-state index in [4.69, 9.17) is 4.74 Å². The Hall–Kier alpha value is -1.17. The summed E-state index contributed by atoms with van der Waals surface area (Å²) in [7, 11) is 0. The second kappa shape index (κ2) is 8.47. The van der Waals surface area contributed by atoms with Gasteiger partial charge >= 0.3 is 6.01 Å². The van der Waals surface area contributed by atoms with Gasteiger partial charge in [-0.05, 0) is 66.3 Å². The summed E-state index contributed by atoms with van der Waals surface area (Å²) in [6.45, 7) is 6.10. The molecule has 1 saturated heterocycles. The second-order valence-electron chi connectivity index (χ2n) is 7.71. The molecule has 0 N–H and O–H groups in total. The highest BCUT2D eigenvalue weighted by molar-refractivity contribution is 9.10. The molecule has 1 amide bonds. The van der Waals surface area contributed by atoms with Gasteiger partial charge in [-0.2, -0.15) is 0 Å². The fourth-order valence-corrected chi connectivity index (χ4v) is 4.24. The maximum Gasteiger partial charge on any atom is 0.316 e. The molecular weight excluding hydrogens is 382 g/mol. The topological polar surface area (TPSA) is 55.3 Å². The quantitative estimate of drug-likeness (QED) is 0.751. The number of hydrogen-bond donors (Lipinski definition) is 0. The van der Waals surface area contributed by atoms with Crippen LogP contribution in [0.15, 0.2) is 16.9 Å². The molecule has 0 aromatic carbocycles. The third kappa shape index (κ3) is 4.93. The number of hydrogen-bond acceptors (Lipinski definition) is 4. The number of ether oxygens (including phenoxy) is 1. The number of halogens is 1. The van der Waals surface area contributed by atoms with Crippen LogP contribution in [0.5, 0.6) is 6.01 Å². The van der Waals surface area contributed by atoms with Crippen LogP contribution in [-0.2, 0) is 4.79 Å². The molecule has 3 rings (SSSR count). The normalized spacial score (nSPS) is 27.4. The van der Waals surface area contributed by atoms with Crippen LogP contribution in [0, 0.1) is 17.8 Å². The van der Waals surface area contributed by atoms with Crippen molar-refractivity contribution in [2.24, 2.45) is 17.8 Å². The van der Waals surface area contributed by atoms with Crippen molar-refractivity contribution in [1.82, 2.24) is 14.9 Å². The summed E-state index contributed by atoms with van der Waals surface area (Å²) in [6, 6.07) is 0.389. The zero-order valence-electron chi connectivity index (χ0n) is 15.2. The predicted octanol–water partition coefficient (Wildman–Crippen LogP) is 4.07. The zero-order valence-corrected chi connectivity index (χ0v) is 16.7. The van der Waals surface area contributed by atoms with Crippen molar-refractivity contribution in [3.05, 3.63) is 16.9 Å². The van der Waals surface area contributed by atoms with Crippen LogP contribution >= 0.6 is 15.9 Å². The first-order chi connectivity index (χ1) is 12.0. The van der Waals surface area contributed by atoms with E-state index in [9.17, 15) is 4.79 Å². The van der Waals surface area contributed by atoms with Gasteiger partial charge in [0, 0.05) is 24.9 Å². The fourth-order valence-electron chi connectivity index (χ4n) is 4.04. The highest BCUT2D eigenvalue weighted by Crippen LogP contribution is 2.34. The zero-order chi connectivity index (χ0) is 17.8. The van der Waals surface area contributed by atoms with E-state index in [0.717, 1.165) is 48.5 Å². The Balaban J connectivity index is 1.52. The first-order valence-electron chi connectivity index (χ1n) is 9.46. The first-order valence-corrected chi connectivity index (χ1v) is 10.2. The van der Waals surface area contributed by atoms with Crippen molar-refractivity contribution >= 4 is 21.8 Å². The molecule has 1 aromatic heterocycles. The molecule has 0 radical (unpaired) electrons. The van der Waals surface area contributed by atoms with Crippen molar-refractivity contribution in [3.63, 3.8) is 0 Å². The summed E-state index contributed by atoms with van der Waals surface area (Å²) >= 11 is 3.32. The monoisotopic (exact) mass is 409 g/mol. The van der Waals surface area contributed by atoms with Crippen molar-refractivity contribution < 1.29 is 9.53 Å². The van der Waals surface area contributed by atoms with E-state index in [0.29, 0.717) is 18.5 Å². The van der Waals surface area contributed by atoms with Crippen LogP contribution in [0.1, 0.15) is 52.4 Å². The van der Waals surface area contributed by atoms with Crippen molar-refractivity contribution in [2.75, 3.05) is 13.1 Å². The van der Waals surface area contributed by atoms with Gasteiger partial charge in [-0.15, -0.1) is 0 Å². The number of carbonyl (C=O) groups excluding carboxylic acids is 1. The van der Waals surface area contributed by atoms with Crippen LogP contribution in [0.25, 0.3) is 0 Å². The summed E-state index contributed by atoms with van der Waals surface area (Å²) in [5.41, 5.74) is 0. The van der Waals surface area contributed by atoms with E-state index in [2.05, 4.69) is 39.7 Å². The van der Waals surface area contributed by atoms with Gasteiger partial charge in [-0.25, -0.2) is 9.97 Å². The highest BCUT2D eigenvalue weighted by atomic mass is 79.9. The molecule has 138 valence electrons. The lowest BCUT2D eigenvalue weighted by atomic mass is 9.76. The maximum absolute atomic E-state index is 12.9. The molecule has 1 unspecified atom stereocenters. The Morgan fingerprint density at radius 2 is 1.88 bits per heavy atom. The highest BCUT2D eigenvalue weighted by Gasteiger charge is 2.33. The van der Waals surface area contributed by atoms with Gasteiger partial charge in [0.15, 0.2) is 0 Å². The number of amides is 1. The molecule has 2 fully saturated rings. The predicted molar refractivity (Wildman–Crippen MR) is 100 cm³/mol. The maximum atomic E-state index is 12.9. The Morgan fingerprint density at radius 1 is 1.20 bits per heavy atom. The van der Waals surface area contributed by atoms with E-state index in [1.807, 2.05) is 4.90 Å². The average Bonchev–Trinajstić information content (AvgIpc) is 2.63. The van der Waals surface area contributed by atoms with Crippen molar-refractivity contribution in [1.29, 1.82) is 0 Å². The van der Waals surface area contributed by atoms with E-state index >= 15 is 0 Å². The van der Waals surface area contributed by atoms with Crippen LogP contribution in [0.4, 0.5) is 0 Å². The van der Waals surface area contributed by atoms with E-state index in [1.54, 1.807) is 12.4 Å². The summed E-state index contributed by atoms with van der Waals surface area (Å²) in [6.07, 6.45) is 9.74. The standard InChI is InChI=1S/C19H28BrN3O2/c1-13(2)14-5-7-15(8-6-14)18(24)23-9-3-4-17(12-23)25-19-21-10-16(20)11-22-19/h10-11,13-15,17H,3-9,12H2,1-2H3. The molecule has 2 aliphatic rings. The number of aromatic nitrogens is 2. The molecule has 5 nitrogen and oxygen atoms in total. The molecule has 2 heterocycles. The van der Waals surface area contributed by atoms with Gasteiger partial charge in [-0.1, -0.05) is 13.8 Å². The van der Waals surface area contributed by atoms with E-state index in [-0.39, 0.29) is 12.0 Å². The van der Waals surface area contributed by atoms with Gasteiger partial charge in [0.2, 0.25) is 5.91 Å². The minimum absolute atomic E-state index is 0.00845. The Labute approximate surface area is 158 Å². The molecule has 1 aliphatic carbocycles. The first kappa shape index (κ1) is 18.6. The lowest BCUT2D eigenvalue weighted by Gasteiger charge is -2.37. The largest absolute Gasteiger partial charge is 0.458 e. The molecule has 1 aliphatic heterocycles. The van der Waals surface area contributed by atoms with E-state index < -0.39 is 0 Å². The molecule has 1 saturated carbocycles. The molecule has 1 atom stereocenters. The smallest absolute Gasteiger partial charge is 0.316 e. The third-order valence-corrected chi connectivity index (χ3v) is 6.03. The molecular formula is C19H28BrN3O2. The second-order valence-corrected chi connectivity index (χ2v) is 8.62. The van der Waals surface area contributed by atoms with Gasteiger partial charge in [0.1, 0.15) is 6.10 Å². The lowest BCUT2D eigenvalue weighted by molar-refractivity contribution is -0.139. The van der Waals surface area contributed by atoms with Crippen molar-refractivity contribution in [3.8, 4) is 6.01 Å². The summed E-state index contributed by atoms with van der Waals surface area (Å²) in [5, 5.41) is 0. The fraction of sp³-hybridized carbons (Fsp3) is 0.737. The van der Waals surface area contributed by atoms with Gasteiger partial charge in [0.25, 0.3) is 0 Å². The van der Waals surface area contributed by atoms with Crippen LogP contribution in [-0.4, -0.2) is 40.0 Å². The van der Waals surface area contributed by atoms with E-state index in [1.165, 1.54) is 12.8 Å². The Kier molecular flexibility index (Phi) is 6.31. The minimum atomic E-state index is -0.00845. The number of piperidine rings is 1. The summed E-state index contributed by atoms with van der Waals surface area (Å²) in [5.74, 6) is 2.05. The summed E-state index contributed by atoms with van der Waals surface area (Å²) < 4.78 is 6.72. The van der Waals surface area contributed by atoms with Crippen LogP contribution < -0.4 is 4.74 Å². The number of carbonyl (C=O) groups is 1. The van der Waals surface area contributed by atoms with Gasteiger partial charge in [-0.3, -0.25) is 4.79 Å². The van der Waals surface area contributed by atoms with Gasteiger partial charge in [0.05, 0.1) is 11.0 Å². The summed E-state index contributed by atoms with van der Waals surface area (Å²) in [4.78, 5) is 23.3. The Morgan fingerprint density at radius 3 is 2.52 bits per heavy atom.